The van der Waals surface area contributed by atoms with Gasteiger partial charge in [0.25, 0.3) is 0 Å². The van der Waals surface area contributed by atoms with Gasteiger partial charge in [0.05, 0.1) is 6.04 Å². The Labute approximate surface area is 90.7 Å². The van der Waals surface area contributed by atoms with Gasteiger partial charge in [0.2, 0.25) is 0 Å². The number of ether oxygens (including phenoxy) is 1. The van der Waals surface area contributed by atoms with Gasteiger partial charge < -0.3 is 14.8 Å². The zero-order valence-corrected chi connectivity index (χ0v) is 9.74. The number of aldehydes is 1. The second-order valence-corrected chi connectivity index (χ2v) is 4.19. The van der Waals surface area contributed by atoms with E-state index in [0.29, 0.717) is 12.7 Å². The van der Waals surface area contributed by atoms with Crippen LogP contribution >= 0.6 is 0 Å². The highest BCUT2D eigenvalue weighted by Crippen LogP contribution is 2.06. The molecular weight excluding hydrogens is 194 g/mol. The number of amides is 1. The van der Waals surface area contributed by atoms with Crippen LogP contribution in [0.25, 0.3) is 0 Å². The molecule has 0 aromatic heterocycles. The molecule has 0 heterocycles. The van der Waals surface area contributed by atoms with E-state index >= 15 is 0 Å². The SMILES string of the molecule is C/C=C\C[C@@H](C=O)NC(=O)OC(C)(C)C. The highest BCUT2D eigenvalue weighted by Gasteiger charge is 2.18. The molecule has 0 bridgehead atoms. The first-order chi connectivity index (χ1) is 6.89. The highest BCUT2D eigenvalue weighted by molar-refractivity contribution is 5.73. The van der Waals surface area contributed by atoms with Crippen LogP contribution in [0.4, 0.5) is 4.79 Å². The molecule has 0 aliphatic rings. The standard InChI is InChI=1S/C11H19NO3/c1-5-6-7-9(8-13)12-10(14)15-11(2,3)4/h5-6,8-9H,7H2,1-4H3,(H,12,14)/b6-5-/t9-/m0/s1. The van der Waals surface area contributed by atoms with Crippen molar-refractivity contribution in [3.05, 3.63) is 12.2 Å². The fourth-order valence-corrected chi connectivity index (χ4v) is 0.890. The van der Waals surface area contributed by atoms with Gasteiger partial charge in [0, 0.05) is 0 Å². The van der Waals surface area contributed by atoms with Crippen molar-refractivity contribution in [2.45, 2.75) is 45.8 Å². The van der Waals surface area contributed by atoms with Crippen LogP contribution in [0.2, 0.25) is 0 Å². The summed E-state index contributed by atoms with van der Waals surface area (Å²) in [6.45, 7) is 7.17. The molecule has 4 nitrogen and oxygen atoms in total. The lowest BCUT2D eigenvalue weighted by Gasteiger charge is -2.21. The minimum absolute atomic E-state index is 0.485. The molecule has 0 saturated heterocycles. The van der Waals surface area contributed by atoms with E-state index in [1.54, 1.807) is 20.8 Å². The van der Waals surface area contributed by atoms with Crippen molar-refractivity contribution in [1.82, 2.24) is 5.32 Å². The van der Waals surface area contributed by atoms with Crippen LogP contribution in [0.5, 0.6) is 0 Å². The Balaban J connectivity index is 4.07. The molecule has 0 fully saturated rings. The van der Waals surface area contributed by atoms with Crippen molar-refractivity contribution >= 4 is 12.4 Å². The van der Waals surface area contributed by atoms with Crippen LogP contribution in [-0.4, -0.2) is 24.0 Å². The molecular formula is C11H19NO3. The number of carbonyl (C=O) groups excluding carboxylic acids is 2. The average molecular weight is 213 g/mol. The van der Waals surface area contributed by atoms with Crippen molar-refractivity contribution < 1.29 is 14.3 Å². The normalized spacial score (nSPS) is 13.6. The van der Waals surface area contributed by atoms with E-state index in [1.165, 1.54) is 0 Å². The Morgan fingerprint density at radius 3 is 2.47 bits per heavy atom. The van der Waals surface area contributed by atoms with E-state index in [0.717, 1.165) is 0 Å². The molecule has 4 heteroatoms. The smallest absolute Gasteiger partial charge is 0.408 e. The van der Waals surface area contributed by atoms with Gasteiger partial charge in [-0.1, -0.05) is 12.2 Å². The minimum atomic E-state index is -0.566. The number of alkyl carbamates (subject to hydrolysis) is 1. The highest BCUT2D eigenvalue weighted by atomic mass is 16.6. The Kier molecular flexibility index (Phi) is 5.67. The summed E-state index contributed by atoms with van der Waals surface area (Å²) in [6.07, 6.45) is 4.26. The summed E-state index contributed by atoms with van der Waals surface area (Å²) >= 11 is 0. The molecule has 1 amide bonds. The lowest BCUT2D eigenvalue weighted by Crippen LogP contribution is -2.39. The van der Waals surface area contributed by atoms with E-state index in [9.17, 15) is 9.59 Å². The summed E-state index contributed by atoms with van der Waals surface area (Å²) in [5.41, 5.74) is -0.544. The van der Waals surface area contributed by atoms with E-state index in [4.69, 9.17) is 4.74 Å². The van der Waals surface area contributed by atoms with Gasteiger partial charge in [-0.15, -0.1) is 0 Å². The van der Waals surface area contributed by atoms with E-state index in [-0.39, 0.29) is 0 Å². The minimum Gasteiger partial charge on any atom is -0.444 e. The van der Waals surface area contributed by atoms with Gasteiger partial charge in [0.15, 0.2) is 0 Å². The first-order valence-electron chi connectivity index (χ1n) is 4.95. The fourth-order valence-electron chi connectivity index (χ4n) is 0.890. The van der Waals surface area contributed by atoms with Gasteiger partial charge >= 0.3 is 6.09 Å². The molecule has 0 rings (SSSR count). The van der Waals surface area contributed by atoms with Crippen LogP contribution in [0, 0.1) is 0 Å². The summed E-state index contributed by atoms with van der Waals surface area (Å²) in [4.78, 5) is 21.9. The molecule has 0 unspecified atom stereocenters. The van der Waals surface area contributed by atoms with Crippen LogP contribution in [0.3, 0.4) is 0 Å². The molecule has 1 atom stereocenters. The van der Waals surface area contributed by atoms with Crippen molar-refractivity contribution in [1.29, 1.82) is 0 Å². The number of nitrogens with one attached hydrogen (secondary N) is 1. The first-order valence-corrected chi connectivity index (χ1v) is 4.95. The third-order valence-electron chi connectivity index (χ3n) is 1.49. The van der Waals surface area contributed by atoms with Gasteiger partial charge in [-0.25, -0.2) is 4.79 Å². The zero-order chi connectivity index (χ0) is 11.9. The monoisotopic (exact) mass is 213 g/mol. The number of hydrogen-bond donors (Lipinski definition) is 1. The topological polar surface area (TPSA) is 55.4 Å². The van der Waals surface area contributed by atoms with Gasteiger partial charge in [-0.2, -0.15) is 0 Å². The lowest BCUT2D eigenvalue weighted by atomic mass is 10.2. The summed E-state index contributed by atoms with van der Waals surface area (Å²) in [6, 6.07) is -0.518. The van der Waals surface area contributed by atoms with E-state index in [2.05, 4.69) is 5.32 Å². The van der Waals surface area contributed by atoms with Crippen LogP contribution in [0.1, 0.15) is 34.1 Å². The number of rotatable bonds is 4. The molecule has 15 heavy (non-hydrogen) atoms. The van der Waals surface area contributed by atoms with E-state index in [1.807, 2.05) is 19.1 Å². The zero-order valence-electron chi connectivity index (χ0n) is 9.74. The molecule has 0 saturated carbocycles. The number of hydrogen-bond acceptors (Lipinski definition) is 3. The molecule has 0 aromatic rings. The third-order valence-corrected chi connectivity index (χ3v) is 1.49. The number of allylic oxidation sites excluding steroid dienone is 1. The molecule has 0 radical (unpaired) electrons. The predicted molar refractivity (Wildman–Crippen MR) is 58.7 cm³/mol. The Hall–Kier alpha value is -1.32. The fraction of sp³-hybridized carbons (Fsp3) is 0.636. The molecule has 0 aromatic carbocycles. The first kappa shape index (κ1) is 13.7. The maximum absolute atomic E-state index is 11.3. The molecule has 0 spiro atoms. The van der Waals surface area contributed by atoms with Gasteiger partial charge in [-0.05, 0) is 34.1 Å². The summed E-state index contributed by atoms with van der Waals surface area (Å²) in [5, 5.41) is 2.48. The quantitative estimate of drug-likeness (QED) is 0.574. The third kappa shape index (κ3) is 7.73. The average Bonchev–Trinajstić information content (AvgIpc) is 2.09. The Bertz CT molecular complexity index is 241. The van der Waals surface area contributed by atoms with Crippen molar-refractivity contribution in [2.24, 2.45) is 0 Å². The Morgan fingerprint density at radius 2 is 2.07 bits per heavy atom. The second kappa shape index (κ2) is 6.22. The van der Waals surface area contributed by atoms with E-state index < -0.39 is 17.7 Å². The molecule has 0 aliphatic carbocycles. The van der Waals surface area contributed by atoms with Gasteiger partial charge in [-0.3, -0.25) is 0 Å². The molecule has 0 aliphatic heterocycles. The van der Waals surface area contributed by atoms with Crippen LogP contribution in [0.15, 0.2) is 12.2 Å². The molecule has 86 valence electrons. The largest absolute Gasteiger partial charge is 0.444 e. The molecule has 1 N–H and O–H groups in total. The summed E-state index contributed by atoms with van der Waals surface area (Å²) < 4.78 is 5.02. The van der Waals surface area contributed by atoms with Gasteiger partial charge in [0.1, 0.15) is 11.9 Å². The van der Waals surface area contributed by atoms with Crippen molar-refractivity contribution in [2.75, 3.05) is 0 Å². The summed E-state index contributed by atoms with van der Waals surface area (Å²) in [7, 11) is 0. The maximum Gasteiger partial charge on any atom is 0.408 e. The van der Waals surface area contributed by atoms with Crippen LogP contribution < -0.4 is 5.32 Å². The predicted octanol–water partition coefficient (Wildman–Crippen LogP) is 2.04. The lowest BCUT2D eigenvalue weighted by molar-refractivity contribution is -0.109. The maximum atomic E-state index is 11.3. The summed E-state index contributed by atoms with van der Waals surface area (Å²) in [5.74, 6) is 0. The van der Waals surface area contributed by atoms with Crippen LogP contribution in [-0.2, 0) is 9.53 Å². The number of carbonyl (C=O) groups is 2. The van der Waals surface area contributed by atoms with Crippen molar-refractivity contribution in [3.63, 3.8) is 0 Å². The second-order valence-electron chi connectivity index (χ2n) is 4.19. The Morgan fingerprint density at radius 1 is 1.47 bits per heavy atom. The van der Waals surface area contributed by atoms with Crippen molar-refractivity contribution in [3.8, 4) is 0 Å².